The van der Waals surface area contributed by atoms with Crippen molar-refractivity contribution in [2.24, 2.45) is 0 Å². The van der Waals surface area contributed by atoms with Crippen molar-refractivity contribution in [3.63, 3.8) is 0 Å². The first-order valence-corrected chi connectivity index (χ1v) is 4.89. The molecule has 0 fully saturated rings. The minimum Gasteiger partial charge on any atom is -0.300 e. The smallest absolute Gasteiger partial charge is 0.134 e. The topological polar surface area (TPSA) is 40.9 Å². The van der Waals surface area contributed by atoms with Gasteiger partial charge in [0.15, 0.2) is 0 Å². The van der Waals surface area contributed by atoms with Crippen LogP contribution in [0.25, 0.3) is 0 Å². The first-order valence-electron chi connectivity index (χ1n) is 4.08. The van der Waals surface area contributed by atoms with Crippen molar-refractivity contribution < 1.29 is 4.79 Å². The molecule has 0 radical (unpaired) electrons. The third-order valence-corrected chi connectivity index (χ3v) is 2.86. The Labute approximate surface area is 81.8 Å². The lowest BCUT2D eigenvalue weighted by atomic mass is 10.1. The summed E-state index contributed by atoms with van der Waals surface area (Å²) in [6.45, 7) is 3.57. The summed E-state index contributed by atoms with van der Waals surface area (Å²) >= 11 is 1.61. The van der Waals surface area contributed by atoms with Gasteiger partial charge in [-0.1, -0.05) is 0 Å². The van der Waals surface area contributed by atoms with Crippen LogP contribution in [-0.4, -0.2) is 5.78 Å². The van der Waals surface area contributed by atoms with Crippen LogP contribution in [-0.2, 0) is 17.6 Å². The highest BCUT2D eigenvalue weighted by atomic mass is 32.1. The van der Waals surface area contributed by atoms with E-state index in [1.54, 1.807) is 18.3 Å². The van der Waals surface area contributed by atoms with Gasteiger partial charge in [0.1, 0.15) is 5.78 Å². The number of aryl methyl sites for hydroxylation is 1. The van der Waals surface area contributed by atoms with E-state index in [9.17, 15) is 4.79 Å². The zero-order valence-electron chi connectivity index (χ0n) is 7.76. The standard InChI is InChI=1S/C10H11NOS/c1-7(12)5-9-6-10(3-4-11)13-8(9)2/h6H,3,5H2,1-2H3. The number of ketones is 1. The first-order chi connectivity index (χ1) is 6.13. The first kappa shape index (κ1) is 9.94. The maximum atomic E-state index is 10.9. The number of Topliss-reactive ketones (excluding diaryl/α,β-unsaturated/α-hetero) is 1. The molecule has 0 spiro atoms. The second kappa shape index (κ2) is 4.20. The van der Waals surface area contributed by atoms with Gasteiger partial charge in [0.2, 0.25) is 0 Å². The Morgan fingerprint density at radius 1 is 1.69 bits per heavy atom. The molecule has 0 aliphatic carbocycles. The van der Waals surface area contributed by atoms with Crippen molar-refractivity contribution in [2.45, 2.75) is 26.7 Å². The lowest BCUT2D eigenvalue weighted by Gasteiger charge is -1.92. The monoisotopic (exact) mass is 193 g/mol. The highest BCUT2D eigenvalue weighted by Gasteiger charge is 2.06. The fraction of sp³-hybridized carbons (Fsp3) is 0.400. The van der Waals surface area contributed by atoms with Gasteiger partial charge in [0.25, 0.3) is 0 Å². The molecule has 0 N–H and O–H groups in total. The van der Waals surface area contributed by atoms with Crippen LogP contribution in [0.5, 0.6) is 0 Å². The minimum atomic E-state index is 0.171. The van der Waals surface area contributed by atoms with Gasteiger partial charge in [-0.3, -0.25) is 4.79 Å². The van der Waals surface area contributed by atoms with Crippen LogP contribution in [0.4, 0.5) is 0 Å². The Bertz CT molecular complexity index is 359. The van der Waals surface area contributed by atoms with E-state index in [0.29, 0.717) is 12.8 Å². The average Bonchev–Trinajstić information content (AvgIpc) is 2.31. The fourth-order valence-electron chi connectivity index (χ4n) is 1.20. The normalized spacial score (nSPS) is 9.62. The molecular weight excluding hydrogens is 182 g/mol. The molecular formula is C10H11NOS. The lowest BCUT2D eigenvalue weighted by molar-refractivity contribution is -0.116. The largest absolute Gasteiger partial charge is 0.300 e. The maximum absolute atomic E-state index is 10.9. The van der Waals surface area contributed by atoms with Crippen LogP contribution in [0.1, 0.15) is 22.2 Å². The second-order valence-electron chi connectivity index (χ2n) is 3.01. The summed E-state index contributed by atoms with van der Waals surface area (Å²) in [6, 6.07) is 4.07. The van der Waals surface area contributed by atoms with Gasteiger partial charge in [-0.2, -0.15) is 5.26 Å². The summed E-state index contributed by atoms with van der Waals surface area (Å²) in [7, 11) is 0. The van der Waals surface area contributed by atoms with Crippen LogP contribution < -0.4 is 0 Å². The molecule has 0 bridgehead atoms. The van der Waals surface area contributed by atoms with E-state index in [-0.39, 0.29) is 5.78 Å². The molecule has 0 unspecified atom stereocenters. The highest BCUT2D eigenvalue weighted by Crippen LogP contribution is 2.22. The summed E-state index contributed by atoms with van der Waals surface area (Å²) in [5, 5.41) is 8.49. The van der Waals surface area contributed by atoms with Crippen molar-refractivity contribution in [2.75, 3.05) is 0 Å². The number of nitriles is 1. The number of rotatable bonds is 3. The summed E-state index contributed by atoms with van der Waals surface area (Å²) in [4.78, 5) is 13.1. The summed E-state index contributed by atoms with van der Waals surface area (Å²) in [5.41, 5.74) is 1.07. The van der Waals surface area contributed by atoms with Crippen molar-refractivity contribution in [3.8, 4) is 6.07 Å². The molecule has 2 nitrogen and oxygen atoms in total. The molecule has 0 amide bonds. The molecule has 0 aliphatic heterocycles. The summed E-state index contributed by atoms with van der Waals surface area (Å²) < 4.78 is 0. The van der Waals surface area contributed by atoms with Crippen LogP contribution in [0.3, 0.4) is 0 Å². The van der Waals surface area contributed by atoms with Crippen LogP contribution in [0.2, 0.25) is 0 Å². The van der Waals surface area contributed by atoms with E-state index in [1.807, 2.05) is 13.0 Å². The van der Waals surface area contributed by atoms with E-state index in [1.165, 1.54) is 0 Å². The molecule has 0 atom stereocenters. The maximum Gasteiger partial charge on any atom is 0.134 e. The molecule has 1 heterocycles. The van der Waals surface area contributed by atoms with Gasteiger partial charge in [-0.15, -0.1) is 11.3 Å². The van der Waals surface area contributed by atoms with Crippen LogP contribution in [0.15, 0.2) is 6.07 Å². The quantitative estimate of drug-likeness (QED) is 0.738. The SMILES string of the molecule is CC(=O)Cc1cc(CC#N)sc1C. The molecule has 68 valence electrons. The Balaban J connectivity index is 2.84. The minimum absolute atomic E-state index is 0.171. The third-order valence-electron chi connectivity index (χ3n) is 1.76. The van der Waals surface area contributed by atoms with E-state index in [2.05, 4.69) is 6.07 Å². The van der Waals surface area contributed by atoms with E-state index >= 15 is 0 Å². The lowest BCUT2D eigenvalue weighted by Crippen LogP contribution is -1.95. The molecule has 0 aromatic carbocycles. The predicted octanol–water partition coefficient (Wildman–Crippen LogP) is 2.25. The molecule has 0 saturated carbocycles. The van der Waals surface area contributed by atoms with Gasteiger partial charge >= 0.3 is 0 Å². The third kappa shape index (κ3) is 2.67. The second-order valence-corrected chi connectivity index (χ2v) is 4.35. The molecule has 0 saturated heterocycles. The zero-order valence-corrected chi connectivity index (χ0v) is 8.57. The highest BCUT2D eigenvalue weighted by molar-refractivity contribution is 7.12. The summed E-state index contributed by atoms with van der Waals surface area (Å²) in [6.07, 6.45) is 0.942. The Kier molecular flexibility index (Phi) is 3.21. The Hall–Kier alpha value is -1.14. The molecule has 13 heavy (non-hydrogen) atoms. The number of carbonyl (C=O) groups is 1. The Morgan fingerprint density at radius 3 is 2.92 bits per heavy atom. The zero-order chi connectivity index (χ0) is 9.84. The van der Waals surface area contributed by atoms with Gasteiger partial charge < -0.3 is 0 Å². The molecule has 1 aromatic heterocycles. The van der Waals surface area contributed by atoms with E-state index in [0.717, 1.165) is 15.3 Å². The number of nitrogens with zero attached hydrogens (tertiary/aromatic N) is 1. The van der Waals surface area contributed by atoms with Gasteiger partial charge in [-0.25, -0.2) is 0 Å². The van der Waals surface area contributed by atoms with Gasteiger partial charge in [0, 0.05) is 16.2 Å². The number of thiophene rings is 1. The molecule has 3 heteroatoms. The van der Waals surface area contributed by atoms with Crippen LogP contribution in [0, 0.1) is 18.3 Å². The van der Waals surface area contributed by atoms with Crippen LogP contribution >= 0.6 is 11.3 Å². The molecule has 1 rings (SSSR count). The Morgan fingerprint density at radius 2 is 2.38 bits per heavy atom. The average molecular weight is 193 g/mol. The van der Waals surface area contributed by atoms with E-state index < -0.39 is 0 Å². The number of hydrogen-bond acceptors (Lipinski definition) is 3. The number of hydrogen-bond donors (Lipinski definition) is 0. The summed E-state index contributed by atoms with van der Waals surface area (Å²) in [5.74, 6) is 0.171. The van der Waals surface area contributed by atoms with Crippen molar-refractivity contribution in [1.82, 2.24) is 0 Å². The van der Waals surface area contributed by atoms with Crippen molar-refractivity contribution in [1.29, 1.82) is 5.26 Å². The van der Waals surface area contributed by atoms with Gasteiger partial charge in [-0.05, 0) is 25.5 Å². The molecule has 0 aliphatic rings. The van der Waals surface area contributed by atoms with E-state index in [4.69, 9.17) is 5.26 Å². The number of carbonyl (C=O) groups excluding carboxylic acids is 1. The fourth-order valence-corrected chi connectivity index (χ4v) is 2.19. The van der Waals surface area contributed by atoms with Crippen molar-refractivity contribution in [3.05, 3.63) is 21.4 Å². The van der Waals surface area contributed by atoms with Crippen molar-refractivity contribution >= 4 is 17.1 Å². The van der Waals surface area contributed by atoms with Gasteiger partial charge in [0.05, 0.1) is 12.5 Å². The molecule has 1 aromatic rings. The predicted molar refractivity (Wildman–Crippen MR) is 52.8 cm³/mol.